The van der Waals surface area contributed by atoms with Crippen LogP contribution in [0.3, 0.4) is 0 Å². The van der Waals surface area contributed by atoms with E-state index < -0.39 is 16.5 Å². The van der Waals surface area contributed by atoms with Crippen molar-refractivity contribution in [1.82, 2.24) is 9.21 Å². The van der Waals surface area contributed by atoms with Gasteiger partial charge in [-0.15, -0.1) is 0 Å². The molecule has 2 N–H and O–H groups in total. The summed E-state index contributed by atoms with van der Waals surface area (Å²) >= 11 is 0. The van der Waals surface area contributed by atoms with Gasteiger partial charge in [-0.25, -0.2) is 13.5 Å². The Morgan fingerprint density at radius 1 is 1.41 bits per heavy atom. The van der Waals surface area contributed by atoms with Gasteiger partial charge in [-0.1, -0.05) is 13.8 Å². The zero-order valence-corrected chi connectivity index (χ0v) is 14.9. The zero-order chi connectivity index (χ0) is 16.5. The second-order valence-electron chi connectivity index (χ2n) is 7.05. The predicted octanol–water partition coefficient (Wildman–Crippen LogP) is 0.954. The Hall–Kier alpha value is -0.950. The van der Waals surface area contributed by atoms with Gasteiger partial charge in [0.05, 0.1) is 11.0 Å². The molecule has 0 aromatic carbocycles. The van der Waals surface area contributed by atoms with Crippen LogP contribution in [0.4, 0.5) is 0 Å². The van der Waals surface area contributed by atoms with Crippen LogP contribution in [0.15, 0.2) is 4.99 Å². The second-order valence-corrected chi connectivity index (χ2v) is 8.42. The molecule has 2 atom stereocenters. The summed E-state index contributed by atoms with van der Waals surface area (Å²) in [6, 6.07) is 0. The van der Waals surface area contributed by atoms with Gasteiger partial charge in [0, 0.05) is 25.9 Å². The van der Waals surface area contributed by atoms with E-state index in [-0.39, 0.29) is 5.91 Å². The number of carbonyl (C=O) groups is 1. The van der Waals surface area contributed by atoms with Gasteiger partial charge in [-0.3, -0.25) is 9.69 Å². The van der Waals surface area contributed by atoms with Crippen molar-refractivity contribution in [3.63, 3.8) is 0 Å². The number of carbonyl (C=O) groups excluding carboxylic acids is 1. The molecule has 0 spiro atoms. The number of hydrogen-bond acceptors (Lipinski definition) is 4. The monoisotopic (exact) mass is 328 g/mol. The van der Waals surface area contributed by atoms with Crippen molar-refractivity contribution >= 4 is 22.9 Å². The summed E-state index contributed by atoms with van der Waals surface area (Å²) in [6.45, 7) is 8.32. The average Bonchev–Trinajstić information content (AvgIpc) is 2.62. The van der Waals surface area contributed by atoms with E-state index in [0.29, 0.717) is 24.3 Å². The van der Waals surface area contributed by atoms with Crippen LogP contribution in [0.2, 0.25) is 0 Å². The van der Waals surface area contributed by atoms with E-state index >= 15 is 0 Å². The maximum absolute atomic E-state index is 12.7. The average molecular weight is 328 g/mol. The standard InChI is InChI=1S/C15H28N4O2S/c1-11(2)9-15(3)13(20)19(14(16)17-15)10-12-5-7-18(8-6-12)22(4)21/h11-12H,5-10H2,1-4H3,(H2,16,17). The van der Waals surface area contributed by atoms with E-state index in [1.54, 1.807) is 11.2 Å². The van der Waals surface area contributed by atoms with Gasteiger partial charge in [-0.2, -0.15) is 0 Å². The van der Waals surface area contributed by atoms with Gasteiger partial charge in [-0.05, 0) is 38.0 Å². The fourth-order valence-corrected chi connectivity index (χ4v) is 4.19. The van der Waals surface area contributed by atoms with E-state index in [1.165, 1.54) is 0 Å². The Morgan fingerprint density at radius 3 is 2.50 bits per heavy atom. The molecule has 126 valence electrons. The highest BCUT2D eigenvalue weighted by Gasteiger charge is 2.44. The SMILES string of the molecule is CC(C)CC1(C)N=C(N)N(CC2CCN(S(C)=O)CC2)C1=O. The molecule has 6 nitrogen and oxygen atoms in total. The smallest absolute Gasteiger partial charge is 0.257 e. The highest BCUT2D eigenvalue weighted by molar-refractivity contribution is 7.81. The Kier molecular flexibility index (Phi) is 5.27. The number of piperidine rings is 1. The molecule has 22 heavy (non-hydrogen) atoms. The minimum absolute atomic E-state index is 0.0280. The molecular weight excluding hydrogens is 300 g/mol. The maximum atomic E-state index is 12.7. The summed E-state index contributed by atoms with van der Waals surface area (Å²) < 4.78 is 13.5. The molecule has 1 saturated heterocycles. The quantitative estimate of drug-likeness (QED) is 0.816. The third-order valence-electron chi connectivity index (χ3n) is 4.53. The van der Waals surface area contributed by atoms with E-state index in [1.807, 2.05) is 11.2 Å². The molecule has 0 aliphatic carbocycles. The number of rotatable bonds is 5. The summed E-state index contributed by atoms with van der Waals surface area (Å²) in [5, 5.41) is 0. The maximum Gasteiger partial charge on any atom is 0.257 e. The molecule has 1 amide bonds. The first-order valence-corrected chi connectivity index (χ1v) is 9.50. The van der Waals surface area contributed by atoms with Crippen molar-refractivity contribution in [2.45, 2.75) is 45.6 Å². The predicted molar refractivity (Wildman–Crippen MR) is 89.6 cm³/mol. The summed E-state index contributed by atoms with van der Waals surface area (Å²) in [5.41, 5.74) is 5.30. The third kappa shape index (κ3) is 3.68. The van der Waals surface area contributed by atoms with Crippen LogP contribution in [0.1, 0.15) is 40.0 Å². The largest absolute Gasteiger partial charge is 0.369 e. The molecule has 0 aromatic heterocycles. The van der Waals surface area contributed by atoms with Crippen LogP contribution in [0, 0.1) is 11.8 Å². The summed E-state index contributed by atoms with van der Waals surface area (Å²) in [7, 11) is -0.900. The molecule has 0 bridgehead atoms. The van der Waals surface area contributed by atoms with Crippen molar-refractivity contribution in [2.24, 2.45) is 22.6 Å². The van der Waals surface area contributed by atoms with Crippen LogP contribution in [-0.2, 0) is 15.8 Å². The molecule has 2 unspecified atom stereocenters. The second kappa shape index (κ2) is 6.66. The number of hydrogen-bond donors (Lipinski definition) is 1. The van der Waals surface area contributed by atoms with Crippen LogP contribution < -0.4 is 5.73 Å². The lowest BCUT2D eigenvalue weighted by molar-refractivity contribution is -0.131. The lowest BCUT2D eigenvalue weighted by Crippen LogP contribution is -2.47. The summed E-state index contributed by atoms with van der Waals surface area (Å²) in [4.78, 5) is 18.8. The lowest BCUT2D eigenvalue weighted by atomic mass is 9.90. The molecule has 7 heteroatoms. The Labute approximate surface area is 135 Å². The van der Waals surface area contributed by atoms with E-state index in [9.17, 15) is 9.00 Å². The van der Waals surface area contributed by atoms with Gasteiger partial charge in [0.15, 0.2) is 5.96 Å². The van der Waals surface area contributed by atoms with E-state index in [2.05, 4.69) is 18.8 Å². The molecule has 0 saturated carbocycles. The molecule has 2 aliphatic heterocycles. The van der Waals surface area contributed by atoms with Crippen LogP contribution in [0.25, 0.3) is 0 Å². The first-order valence-electron chi connectivity index (χ1n) is 7.98. The van der Waals surface area contributed by atoms with Crippen LogP contribution in [-0.4, -0.2) is 56.7 Å². The van der Waals surface area contributed by atoms with E-state index in [4.69, 9.17) is 5.73 Å². The number of nitrogens with two attached hydrogens (primary N) is 1. The van der Waals surface area contributed by atoms with E-state index in [0.717, 1.165) is 32.4 Å². The normalized spacial score (nSPS) is 29.2. The molecule has 1 fully saturated rings. The highest BCUT2D eigenvalue weighted by atomic mass is 32.2. The lowest BCUT2D eigenvalue weighted by Gasteiger charge is -2.32. The van der Waals surface area contributed by atoms with Crippen molar-refractivity contribution in [3.8, 4) is 0 Å². The Morgan fingerprint density at radius 2 is 2.00 bits per heavy atom. The molecule has 2 aliphatic rings. The van der Waals surface area contributed by atoms with Crippen molar-refractivity contribution in [3.05, 3.63) is 0 Å². The van der Waals surface area contributed by atoms with Crippen molar-refractivity contribution in [2.75, 3.05) is 25.9 Å². The van der Waals surface area contributed by atoms with Gasteiger partial charge in [0.2, 0.25) is 0 Å². The summed E-state index contributed by atoms with van der Waals surface area (Å²) in [6.07, 6.45) is 4.32. The first kappa shape index (κ1) is 17.4. The van der Waals surface area contributed by atoms with Crippen LogP contribution in [0.5, 0.6) is 0 Å². The number of nitrogens with zero attached hydrogens (tertiary/aromatic N) is 3. The van der Waals surface area contributed by atoms with Crippen molar-refractivity contribution < 1.29 is 9.00 Å². The number of guanidine groups is 1. The Bertz CT molecular complexity index is 486. The molecular formula is C15H28N4O2S. The third-order valence-corrected chi connectivity index (χ3v) is 5.62. The molecule has 0 aromatic rings. The first-order chi connectivity index (χ1) is 10.2. The topological polar surface area (TPSA) is 79.0 Å². The molecule has 2 heterocycles. The van der Waals surface area contributed by atoms with Crippen LogP contribution >= 0.6 is 0 Å². The summed E-state index contributed by atoms with van der Waals surface area (Å²) in [5.74, 6) is 1.18. The molecule has 2 rings (SSSR count). The minimum Gasteiger partial charge on any atom is -0.369 e. The molecule has 0 radical (unpaired) electrons. The Balaban J connectivity index is 1.96. The number of amides is 1. The van der Waals surface area contributed by atoms with Gasteiger partial charge < -0.3 is 5.73 Å². The minimum atomic E-state index is -0.900. The fraction of sp³-hybridized carbons (Fsp3) is 0.867. The zero-order valence-electron chi connectivity index (χ0n) is 14.0. The van der Waals surface area contributed by atoms with Gasteiger partial charge >= 0.3 is 0 Å². The fourth-order valence-electron chi connectivity index (χ4n) is 3.47. The number of aliphatic imine (C=N–C) groups is 1. The van der Waals surface area contributed by atoms with Gasteiger partial charge in [0.25, 0.3) is 5.91 Å². The van der Waals surface area contributed by atoms with Crippen molar-refractivity contribution in [1.29, 1.82) is 0 Å². The highest BCUT2D eigenvalue weighted by Crippen LogP contribution is 2.30. The van der Waals surface area contributed by atoms with Gasteiger partial charge in [0.1, 0.15) is 5.54 Å².